The molecule has 0 radical (unpaired) electrons. The van der Waals surface area contributed by atoms with Gasteiger partial charge in [0, 0.05) is 12.6 Å². The van der Waals surface area contributed by atoms with E-state index in [9.17, 15) is 9.59 Å². The first-order chi connectivity index (χ1) is 12.4. The molecule has 6 nitrogen and oxygen atoms in total. The first kappa shape index (κ1) is 19.3. The van der Waals surface area contributed by atoms with Gasteiger partial charge in [-0.15, -0.1) is 0 Å². The van der Waals surface area contributed by atoms with Gasteiger partial charge in [-0.25, -0.2) is 4.79 Å². The molecule has 0 spiro atoms. The number of rotatable bonds is 8. The van der Waals surface area contributed by atoms with Crippen LogP contribution in [-0.4, -0.2) is 48.7 Å². The van der Waals surface area contributed by atoms with E-state index < -0.39 is 12.6 Å². The summed E-state index contributed by atoms with van der Waals surface area (Å²) in [4.78, 5) is 24.9. The van der Waals surface area contributed by atoms with Gasteiger partial charge < -0.3 is 19.5 Å². The molecular weight excluding hydrogens is 334 g/mol. The predicted octanol–water partition coefficient (Wildman–Crippen LogP) is 2.92. The van der Waals surface area contributed by atoms with Crippen molar-refractivity contribution in [3.8, 4) is 11.5 Å². The summed E-state index contributed by atoms with van der Waals surface area (Å²) >= 11 is 0. The van der Waals surface area contributed by atoms with Gasteiger partial charge in [0.1, 0.15) is 18.1 Å². The minimum Gasteiger partial charge on any atom is -0.492 e. The van der Waals surface area contributed by atoms with Crippen LogP contribution in [0.5, 0.6) is 11.5 Å². The fourth-order valence-corrected chi connectivity index (χ4v) is 2.57. The van der Waals surface area contributed by atoms with E-state index in [0.29, 0.717) is 24.5 Å². The van der Waals surface area contributed by atoms with Crippen molar-refractivity contribution in [1.82, 2.24) is 4.90 Å². The molecule has 0 saturated carbocycles. The van der Waals surface area contributed by atoms with Crippen molar-refractivity contribution >= 4 is 11.9 Å². The lowest BCUT2D eigenvalue weighted by Gasteiger charge is -2.19. The largest absolute Gasteiger partial charge is 0.492 e. The summed E-state index contributed by atoms with van der Waals surface area (Å²) in [6, 6.07) is 12.8. The molecule has 0 aliphatic carbocycles. The Balaban J connectivity index is 1.98. The lowest BCUT2D eigenvalue weighted by molar-refractivity contribution is -0.139. The third-order valence-corrected chi connectivity index (χ3v) is 3.83. The molecule has 26 heavy (non-hydrogen) atoms. The van der Waals surface area contributed by atoms with Crippen LogP contribution in [0.4, 0.5) is 0 Å². The van der Waals surface area contributed by atoms with Crippen molar-refractivity contribution in [2.45, 2.75) is 13.8 Å². The molecule has 1 amide bonds. The van der Waals surface area contributed by atoms with Crippen molar-refractivity contribution in [1.29, 1.82) is 0 Å². The van der Waals surface area contributed by atoms with E-state index in [0.717, 1.165) is 16.9 Å². The van der Waals surface area contributed by atoms with Crippen LogP contribution in [0.2, 0.25) is 0 Å². The third kappa shape index (κ3) is 5.24. The number of carboxylic acid groups (broad SMARTS) is 1. The number of hydrogen-bond acceptors (Lipinski definition) is 4. The summed E-state index contributed by atoms with van der Waals surface area (Å²) in [5, 5.41) is 8.74. The van der Waals surface area contributed by atoms with Crippen LogP contribution in [-0.2, 0) is 4.79 Å². The number of aliphatic carboxylic acids is 1. The van der Waals surface area contributed by atoms with E-state index in [4.69, 9.17) is 14.6 Å². The van der Waals surface area contributed by atoms with Gasteiger partial charge >= 0.3 is 5.97 Å². The van der Waals surface area contributed by atoms with Crippen LogP contribution in [0.3, 0.4) is 0 Å². The van der Waals surface area contributed by atoms with E-state index in [1.165, 1.54) is 0 Å². The normalized spacial score (nSPS) is 10.3. The number of nitrogens with zero attached hydrogens (tertiary/aromatic N) is 1. The van der Waals surface area contributed by atoms with Gasteiger partial charge in [-0.1, -0.05) is 18.2 Å². The van der Waals surface area contributed by atoms with Crippen LogP contribution in [0.25, 0.3) is 0 Å². The van der Waals surface area contributed by atoms with Gasteiger partial charge in [-0.3, -0.25) is 4.79 Å². The van der Waals surface area contributed by atoms with Gasteiger partial charge in [0.15, 0.2) is 6.61 Å². The van der Waals surface area contributed by atoms with E-state index in [1.54, 1.807) is 37.9 Å². The average molecular weight is 357 g/mol. The maximum Gasteiger partial charge on any atom is 0.341 e. The summed E-state index contributed by atoms with van der Waals surface area (Å²) in [6.45, 7) is 4.01. The molecule has 0 aliphatic rings. The minimum absolute atomic E-state index is 0.127. The minimum atomic E-state index is -1.04. The molecule has 2 aromatic rings. The SMILES string of the molecule is Cc1cc(C(=O)N(C)CCOc2ccccc2)cc(C)c1OCC(=O)O. The van der Waals surface area contributed by atoms with Crippen LogP contribution in [0.1, 0.15) is 21.5 Å². The molecule has 6 heteroatoms. The van der Waals surface area contributed by atoms with E-state index in [-0.39, 0.29) is 5.91 Å². The molecule has 0 atom stereocenters. The summed E-state index contributed by atoms with van der Waals surface area (Å²) in [5.74, 6) is 0.0960. The third-order valence-electron chi connectivity index (χ3n) is 3.83. The zero-order valence-corrected chi connectivity index (χ0v) is 15.2. The number of amides is 1. The predicted molar refractivity (Wildman–Crippen MR) is 97.9 cm³/mol. The van der Waals surface area contributed by atoms with Gasteiger partial charge in [-0.2, -0.15) is 0 Å². The number of carboxylic acids is 1. The summed E-state index contributed by atoms with van der Waals surface area (Å²) < 4.78 is 10.9. The standard InChI is InChI=1S/C20H23NO5/c1-14-11-16(12-15(2)19(14)26-13-18(22)23)20(24)21(3)9-10-25-17-7-5-4-6-8-17/h4-8,11-12H,9-10,13H2,1-3H3,(H,22,23). The molecule has 0 aromatic heterocycles. The van der Waals surface area contributed by atoms with Crippen LogP contribution >= 0.6 is 0 Å². The molecule has 0 fully saturated rings. The molecule has 2 rings (SSSR count). The summed E-state index contributed by atoms with van der Waals surface area (Å²) in [6.07, 6.45) is 0. The van der Waals surface area contributed by atoms with E-state index >= 15 is 0 Å². The Bertz CT molecular complexity index is 750. The van der Waals surface area contributed by atoms with Crippen LogP contribution < -0.4 is 9.47 Å². The van der Waals surface area contributed by atoms with Crippen LogP contribution in [0, 0.1) is 13.8 Å². The van der Waals surface area contributed by atoms with Crippen molar-refractivity contribution in [3.05, 3.63) is 59.2 Å². The highest BCUT2D eigenvalue weighted by Gasteiger charge is 2.16. The smallest absolute Gasteiger partial charge is 0.341 e. The quantitative estimate of drug-likeness (QED) is 0.786. The van der Waals surface area contributed by atoms with Crippen molar-refractivity contribution in [3.63, 3.8) is 0 Å². The lowest BCUT2D eigenvalue weighted by atomic mass is 10.0. The van der Waals surface area contributed by atoms with E-state index in [1.807, 2.05) is 30.3 Å². The highest BCUT2D eigenvalue weighted by molar-refractivity contribution is 5.94. The second kappa shape index (κ2) is 8.89. The maximum atomic E-state index is 12.6. The molecule has 0 unspecified atom stereocenters. The topological polar surface area (TPSA) is 76.1 Å². The number of ether oxygens (including phenoxy) is 2. The molecule has 0 heterocycles. The van der Waals surface area contributed by atoms with E-state index in [2.05, 4.69) is 0 Å². The molecular formula is C20H23NO5. The lowest BCUT2D eigenvalue weighted by Crippen LogP contribution is -2.31. The monoisotopic (exact) mass is 357 g/mol. The molecule has 2 aromatic carbocycles. The number of para-hydroxylation sites is 1. The van der Waals surface area contributed by atoms with Gasteiger partial charge in [0.25, 0.3) is 5.91 Å². The number of carbonyl (C=O) groups excluding carboxylic acids is 1. The Hall–Kier alpha value is -3.02. The molecule has 0 bridgehead atoms. The van der Waals surface area contributed by atoms with Crippen LogP contribution in [0.15, 0.2) is 42.5 Å². The fraction of sp³-hybridized carbons (Fsp3) is 0.300. The molecule has 1 N–H and O–H groups in total. The summed E-state index contributed by atoms with van der Waals surface area (Å²) in [5.41, 5.74) is 1.98. The number of carbonyl (C=O) groups is 2. The number of benzene rings is 2. The maximum absolute atomic E-state index is 12.6. The Kier molecular flexibility index (Phi) is 6.60. The second-order valence-corrected chi connectivity index (χ2v) is 6.01. The van der Waals surface area contributed by atoms with Crippen molar-refractivity contribution in [2.24, 2.45) is 0 Å². The van der Waals surface area contributed by atoms with Crippen molar-refractivity contribution < 1.29 is 24.2 Å². The molecule has 0 saturated heterocycles. The Morgan fingerprint density at radius 1 is 1.04 bits per heavy atom. The van der Waals surface area contributed by atoms with Gasteiger partial charge in [0.05, 0.1) is 6.54 Å². The first-order valence-corrected chi connectivity index (χ1v) is 8.27. The zero-order valence-electron chi connectivity index (χ0n) is 15.2. The highest BCUT2D eigenvalue weighted by atomic mass is 16.5. The summed E-state index contributed by atoms with van der Waals surface area (Å²) in [7, 11) is 1.72. The number of hydrogen-bond donors (Lipinski definition) is 1. The first-order valence-electron chi connectivity index (χ1n) is 8.27. The average Bonchev–Trinajstić information content (AvgIpc) is 2.60. The Morgan fingerprint density at radius 3 is 2.23 bits per heavy atom. The second-order valence-electron chi connectivity index (χ2n) is 6.01. The highest BCUT2D eigenvalue weighted by Crippen LogP contribution is 2.25. The fourth-order valence-electron chi connectivity index (χ4n) is 2.57. The Morgan fingerprint density at radius 2 is 1.65 bits per heavy atom. The zero-order chi connectivity index (χ0) is 19.1. The number of aryl methyl sites for hydroxylation is 2. The van der Waals surface area contributed by atoms with Crippen molar-refractivity contribution in [2.75, 3.05) is 26.8 Å². The molecule has 138 valence electrons. The van der Waals surface area contributed by atoms with Gasteiger partial charge in [0.2, 0.25) is 0 Å². The number of likely N-dealkylation sites (N-methyl/N-ethyl adjacent to an activating group) is 1. The molecule has 0 aliphatic heterocycles. The van der Waals surface area contributed by atoms with Gasteiger partial charge in [-0.05, 0) is 49.2 Å². The Labute approximate surface area is 153 Å².